The molecular formula is C12H11Cl2N3O2S. The molecule has 0 bridgehead atoms. The number of hydrogen-bond acceptors (Lipinski definition) is 4. The first-order valence-electron chi connectivity index (χ1n) is 5.49. The number of nitrogens with zero attached hydrogens (tertiary/aromatic N) is 1. The van der Waals surface area contributed by atoms with Gasteiger partial charge in [-0.15, -0.1) is 0 Å². The monoisotopic (exact) mass is 331 g/mol. The molecule has 0 aliphatic heterocycles. The first-order valence-corrected chi connectivity index (χ1v) is 7.73. The Kier molecular flexibility index (Phi) is 4.08. The maximum Gasteiger partial charge on any atom is 0.261 e. The highest BCUT2D eigenvalue weighted by Gasteiger charge is 2.17. The van der Waals surface area contributed by atoms with Crippen molar-refractivity contribution in [3.8, 4) is 0 Å². The molecule has 1 aromatic carbocycles. The molecule has 0 amide bonds. The van der Waals surface area contributed by atoms with Gasteiger partial charge in [-0.05, 0) is 36.8 Å². The number of anilines is 2. The molecule has 0 unspecified atom stereocenters. The molecule has 0 atom stereocenters. The van der Waals surface area contributed by atoms with Gasteiger partial charge in [0.15, 0.2) is 0 Å². The third-order valence-electron chi connectivity index (χ3n) is 2.55. The molecule has 0 spiro atoms. The van der Waals surface area contributed by atoms with E-state index in [1.165, 1.54) is 30.5 Å². The predicted molar refractivity (Wildman–Crippen MR) is 80.7 cm³/mol. The summed E-state index contributed by atoms with van der Waals surface area (Å²) in [5.74, 6) is 0. The van der Waals surface area contributed by atoms with Crippen molar-refractivity contribution in [1.82, 2.24) is 4.98 Å². The van der Waals surface area contributed by atoms with Crippen LogP contribution in [-0.2, 0) is 10.0 Å². The highest BCUT2D eigenvalue weighted by atomic mass is 35.5. The quantitative estimate of drug-likeness (QED) is 0.668. The number of rotatable bonds is 3. The average Bonchev–Trinajstić information content (AvgIpc) is 2.34. The molecule has 5 nitrogen and oxygen atoms in total. The Balaban J connectivity index is 2.41. The van der Waals surface area contributed by atoms with Gasteiger partial charge in [0.05, 0.1) is 21.3 Å². The van der Waals surface area contributed by atoms with Crippen LogP contribution >= 0.6 is 23.2 Å². The molecule has 3 N–H and O–H groups in total. The molecule has 0 aliphatic rings. The van der Waals surface area contributed by atoms with Crippen molar-refractivity contribution in [3.63, 3.8) is 0 Å². The standard InChI is InChI=1S/C12H11Cl2N3O2S/c1-7-4-9(6-10(15)12(7)14)20(18,19)17-8-2-3-16-11(13)5-8/h2-6H,15H2,1H3,(H,16,17). The number of sulfonamides is 1. The molecule has 1 heterocycles. The van der Waals surface area contributed by atoms with Crippen LogP contribution in [-0.4, -0.2) is 13.4 Å². The first kappa shape index (κ1) is 14.9. The van der Waals surface area contributed by atoms with Gasteiger partial charge in [-0.1, -0.05) is 23.2 Å². The number of nitrogens with one attached hydrogen (secondary N) is 1. The van der Waals surface area contributed by atoms with Gasteiger partial charge < -0.3 is 5.73 Å². The second kappa shape index (κ2) is 5.47. The molecule has 0 saturated heterocycles. The highest BCUT2D eigenvalue weighted by Crippen LogP contribution is 2.28. The number of aryl methyl sites for hydroxylation is 1. The lowest BCUT2D eigenvalue weighted by Gasteiger charge is -2.11. The maximum atomic E-state index is 12.3. The Hall–Kier alpha value is -1.50. The van der Waals surface area contributed by atoms with Gasteiger partial charge in [-0.2, -0.15) is 0 Å². The summed E-state index contributed by atoms with van der Waals surface area (Å²) in [5, 5.41) is 0.535. The summed E-state index contributed by atoms with van der Waals surface area (Å²) in [6.07, 6.45) is 1.40. The lowest BCUT2D eigenvalue weighted by molar-refractivity contribution is 0.601. The molecule has 0 saturated carbocycles. The van der Waals surface area contributed by atoms with E-state index in [-0.39, 0.29) is 15.7 Å². The van der Waals surface area contributed by atoms with Gasteiger partial charge in [0.1, 0.15) is 5.15 Å². The third kappa shape index (κ3) is 3.15. The zero-order valence-electron chi connectivity index (χ0n) is 10.4. The largest absolute Gasteiger partial charge is 0.397 e. The van der Waals surface area contributed by atoms with Crippen LogP contribution in [0.25, 0.3) is 0 Å². The number of nitrogens with two attached hydrogens (primary N) is 1. The van der Waals surface area contributed by atoms with Gasteiger partial charge >= 0.3 is 0 Å². The Morgan fingerprint density at radius 3 is 2.55 bits per heavy atom. The fourth-order valence-corrected chi connectivity index (χ4v) is 3.05. The number of benzene rings is 1. The summed E-state index contributed by atoms with van der Waals surface area (Å²) in [7, 11) is -3.77. The van der Waals surface area contributed by atoms with E-state index in [0.29, 0.717) is 16.3 Å². The maximum absolute atomic E-state index is 12.3. The van der Waals surface area contributed by atoms with E-state index < -0.39 is 10.0 Å². The smallest absolute Gasteiger partial charge is 0.261 e. The van der Waals surface area contributed by atoms with Crippen molar-refractivity contribution < 1.29 is 8.42 Å². The average molecular weight is 332 g/mol. The van der Waals surface area contributed by atoms with E-state index in [9.17, 15) is 8.42 Å². The van der Waals surface area contributed by atoms with Crippen molar-refractivity contribution in [2.24, 2.45) is 0 Å². The molecule has 2 rings (SSSR count). The van der Waals surface area contributed by atoms with E-state index in [0.717, 1.165) is 0 Å². The van der Waals surface area contributed by atoms with Crippen molar-refractivity contribution in [3.05, 3.63) is 46.2 Å². The SMILES string of the molecule is Cc1cc(S(=O)(=O)Nc2ccnc(Cl)c2)cc(N)c1Cl. The normalized spacial score (nSPS) is 11.3. The van der Waals surface area contributed by atoms with Crippen LogP contribution in [0.1, 0.15) is 5.56 Å². The van der Waals surface area contributed by atoms with Crippen molar-refractivity contribution in [2.45, 2.75) is 11.8 Å². The van der Waals surface area contributed by atoms with Crippen LogP contribution in [0.3, 0.4) is 0 Å². The lowest BCUT2D eigenvalue weighted by Crippen LogP contribution is -2.13. The molecule has 106 valence electrons. The van der Waals surface area contributed by atoms with Gasteiger partial charge in [0, 0.05) is 6.20 Å². The van der Waals surface area contributed by atoms with Gasteiger partial charge in [0.2, 0.25) is 0 Å². The topological polar surface area (TPSA) is 85.1 Å². The van der Waals surface area contributed by atoms with E-state index in [1.807, 2.05) is 0 Å². The van der Waals surface area contributed by atoms with Gasteiger partial charge in [-0.25, -0.2) is 13.4 Å². The molecule has 0 aliphatic carbocycles. The second-order valence-electron chi connectivity index (χ2n) is 4.12. The molecule has 1 aromatic heterocycles. The van der Waals surface area contributed by atoms with Crippen molar-refractivity contribution >= 4 is 44.6 Å². The molecule has 0 fully saturated rings. The van der Waals surface area contributed by atoms with E-state index in [1.54, 1.807) is 6.92 Å². The fraction of sp³-hybridized carbons (Fsp3) is 0.0833. The van der Waals surface area contributed by atoms with Crippen LogP contribution in [0.5, 0.6) is 0 Å². The van der Waals surface area contributed by atoms with Crippen LogP contribution < -0.4 is 10.5 Å². The number of halogens is 2. The summed E-state index contributed by atoms with van der Waals surface area (Å²) in [4.78, 5) is 3.81. The number of hydrogen-bond donors (Lipinski definition) is 2. The first-order chi connectivity index (χ1) is 9.29. The van der Waals surface area contributed by atoms with Gasteiger partial charge in [0.25, 0.3) is 10.0 Å². The van der Waals surface area contributed by atoms with Crippen LogP contribution in [0.2, 0.25) is 10.2 Å². The molecule has 0 radical (unpaired) electrons. The number of pyridine rings is 1. The Labute approximate surface area is 126 Å². The Morgan fingerprint density at radius 2 is 1.95 bits per heavy atom. The molecule has 2 aromatic rings. The van der Waals surface area contributed by atoms with Crippen LogP contribution in [0.4, 0.5) is 11.4 Å². The van der Waals surface area contributed by atoms with E-state index >= 15 is 0 Å². The predicted octanol–water partition coefficient (Wildman–Crippen LogP) is 3.08. The minimum absolute atomic E-state index is 0.0323. The van der Waals surface area contributed by atoms with Gasteiger partial charge in [-0.3, -0.25) is 4.72 Å². The second-order valence-corrected chi connectivity index (χ2v) is 6.56. The summed E-state index contributed by atoms with van der Waals surface area (Å²) in [6.45, 7) is 1.68. The summed E-state index contributed by atoms with van der Waals surface area (Å²) >= 11 is 11.6. The molecular weight excluding hydrogens is 321 g/mol. The zero-order valence-corrected chi connectivity index (χ0v) is 12.7. The van der Waals surface area contributed by atoms with Crippen LogP contribution in [0.15, 0.2) is 35.4 Å². The zero-order chi connectivity index (χ0) is 14.9. The minimum atomic E-state index is -3.77. The fourth-order valence-electron chi connectivity index (χ4n) is 1.60. The van der Waals surface area contributed by atoms with Crippen molar-refractivity contribution in [1.29, 1.82) is 0 Å². The van der Waals surface area contributed by atoms with E-state index in [4.69, 9.17) is 28.9 Å². The molecule has 8 heteroatoms. The number of nitrogen functional groups attached to an aromatic ring is 1. The van der Waals surface area contributed by atoms with Crippen molar-refractivity contribution in [2.75, 3.05) is 10.5 Å². The summed E-state index contributed by atoms with van der Waals surface area (Å²) in [6, 6.07) is 5.66. The Morgan fingerprint density at radius 1 is 1.25 bits per heavy atom. The molecule has 20 heavy (non-hydrogen) atoms. The summed E-state index contributed by atoms with van der Waals surface area (Å²) in [5.41, 5.74) is 6.79. The van der Waals surface area contributed by atoms with E-state index in [2.05, 4.69) is 9.71 Å². The third-order valence-corrected chi connectivity index (χ3v) is 4.63. The highest BCUT2D eigenvalue weighted by molar-refractivity contribution is 7.92. The number of aromatic nitrogens is 1. The lowest BCUT2D eigenvalue weighted by atomic mass is 10.2. The Bertz CT molecular complexity index is 740. The summed E-state index contributed by atoms with van der Waals surface area (Å²) < 4.78 is 26.9. The van der Waals surface area contributed by atoms with Crippen LogP contribution in [0, 0.1) is 6.92 Å². The minimum Gasteiger partial charge on any atom is -0.397 e.